The monoisotopic (exact) mass is 200 g/mol. The maximum atomic E-state index is 6.43. The van der Waals surface area contributed by atoms with Crippen LogP contribution >= 0.6 is 0 Å². The molecular weight excluding hydrogens is 178 g/mol. The second-order valence-electron chi connectivity index (χ2n) is 6.81. The quantitative estimate of drug-likeness (QED) is 0.569. The molecular formula is C13H22B2. The molecule has 0 aromatic heterocycles. The van der Waals surface area contributed by atoms with Gasteiger partial charge in [0.2, 0.25) is 0 Å². The average Bonchev–Trinajstić information content (AvgIpc) is 2.17. The highest BCUT2D eigenvalue weighted by atomic mass is 14.5. The lowest BCUT2D eigenvalue weighted by atomic mass is 9.34. The van der Waals surface area contributed by atoms with E-state index in [0.29, 0.717) is 5.92 Å². The fourth-order valence-electron chi connectivity index (χ4n) is 3.52. The summed E-state index contributed by atoms with van der Waals surface area (Å²) in [6, 6.07) is 0. The van der Waals surface area contributed by atoms with Crippen LogP contribution in [0, 0.1) is 23.2 Å². The fourth-order valence-corrected chi connectivity index (χ4v) is 3.52. The van der Waals surface area contributed by atoms with Crippen LogP contribution in [-0.4, -0.2) is 15.7 Å². The van der Waals surface area contributed by atoms with E-state index < -0.39 is 5.21 Å². The number of fused-ring (bicyclic) bond motifs is 3. The first-order valence-corrected chi connectivity index (χ1v) is 6.40. The van der Waals surface area contributed by atoms with Gasteiger partial charge in [-0.05, 0) is 42.4 Å². The Bertz CT molecular complexity index is 231. The molecule has 15 heavy (non-hydrogen) atoms. The molecule has 3 fully saturated rings. The molecule has 0 saturated heterocycles. The molecule has 0 N–H and O–H groups in total. The van der Waals surface area contributed by atoms with Crippen molar-refractivity contribution in [1.82, 2.24) is 0 Å². The Morgan fingerprint density at radius 2 is 1.47 bits per heavy atom. The smallest absolute Gasteiger partial charge is 0.0631 e. The Labute approximate surface area is 97.4 Å². The highest BCUT2D eigenvalue weighted by Crippen LogP contribution is 2.58. The van der Waals surface area contributed by atoms with E-state index in [9.17, 15) is 0 Å². The standard InChI is InChI=1S/C13H22B2/c1-12(2,3)13(14,15)11-8-9-4-6-10(11)7-5-9/h9-11H,4-8H2,1-3H3. The zero-order chi connectivity index (χ0) is 11.3. The van der Waals surface area contributed by atoms with Gasteiger partial charge in [-0.1, -0.05) is 38.8 Å². The van der Waals surface area contributed by atoms with E-state index in [1.807, 2.05) is 0 Å². The van der Waals surface area contributed by atoms with Crippen LogP contribution in [0.4, 0.5) is 0 Å². The highest BCUT2D eigenvalue weighted by molar-refractivity contribution is 6.40. The SMILES string of the molecule is [B]C([B])(C1CC2CCC1CC2)C(C)(C)C. The summed E-state index contributed by atoms with van der Waals surface area (Å²) in [4.78, 5) is 0. The van der Waals surface area contributed by atoms with Crippen molar-refractivity contribution in [3.05, 3.63) is 0 Å². The predicted octanol–water partition coefficient (Wildman–Crippen LogP) is 3.31. The summed E-state index contributed by atoms with van der Waals surface area (Å²) < 4.78 is 0. The van der Waals surface area contributed by atoms with Gasteiger partial charge in [0, 0.05) is 0 Å². The maximum absolute atomic E-state index is 6.43. The van der Waals surface area contributed by atoms with Gasteiger partial charge in [0.05, 0.1) is 15.7 Å². The van der Waals surface area contributed by atoms with Gasteiger partial charge in [-0.15, -0.1) is 0 Å². The maximum Gasteiger partial charge on any atom is 0.0631 e. The number of hydrogen-bond donors (Lipinski definition) is 0. The fraction of sp³-hybridized carbons (Fsp3) is 1.00. The lowest BCUT2D eigenvalue weighted by molar-refractivity contribution is 0.0558. The predicted molar refractivity (Wildman–Crippen MR) is 67.2 cm³/mol. The molecule has 0 aromatic carbocycles. The van der Waals surface area contributed by atoms with Crippen molar-refractivity contribution in [1.29, 1.82) is 0 Å². The molecule has 4 radical (unpaired) electrons. The molecule has 3 saturated carbocycles. The summed E-state index contributed by atoms with van der Waals surface area (Å²) in [6.07, 6.45) is 6.83. The molecule has 1 atom stereocenters. The molecule has 3 aliphatic rings. The van der Waals surface area contributed by atoms with Gasteiger partial charge in [-0.25, -0.2) is 0 Å². The summed E-state index contributed by atoms with van der Waals surface area (Å²) >= 11 is 0. The van der Waals surface area contributed by atoms with Gasteiger partial charge in [0.25, 0.3) is 0 Å². The summed E-state index contributed by atoms with van der Waals surface area (Å²) in [6.45, 7) is 6.53. The third-order valence-electron chi connectivity index (χ3n) is 4.96. The third-order valence-corrected chi connectivity index (χ3v) is 4.96. The van der Waals surface area contributed by atoms with Crippen LogP contribution in [0.2, 0.25) is 5.21 Å². The van der Waals surface area contributed by atoms with Crippen LogP contribution < -0.4 is 0 Å². The molecule has 0 aliphatic heterocycles. The first-order valence-electron chi connectivity index (χ1n) is 6.40. The summed E-state index contributed by atoms with van der Waals surface area (Å²) in [5.74, 6) is 2.25. The Hall–Kier alpha value is 0.130. The zero-order valence-electron chi connectivity index (χ0n) is 10.4. The molecule has 2 bridgehead atoms. The number of rotatable bonds is 1. The van der Waals surface area contributed by atoms with Crippen molar-refractivity contribution >= 4 is 15.7 Å². The third kappa shape index (κ3) is 1.89. The van der Waals surface area contributed by atoms with Gasteiger partial charge in [0.1, 0.15) is 0 Å². The van der Waals surface area contributed by atoms with Crippen LogP contribution in [0.5, 0.6) is 0 Å². The van der Waals surface area contributed by atoms with Gasteiger partial charge in [-0.2, -0.15) is 0 Å². The molecule has 0 spiro atoms. The second kappa shape index (κ2) is 3.57. The molecule has 3 aliphatic carbocycles. The van der Waals surface area contributed by atoms with Crippen LogP contribution in [0.25, 0.3) is 0 Å². The molecule has 0 aromatic rings. The molecule has 0 nitrogen and oxygen atoms in total. The summed E-state index contributed by atoms with van der Waals surface area (Å²) in [5.41, 5.74) is 0.00907. The Balaban J connectivity index is 2.17. The Morgan fingerprint density at radius 1 is 0.933 bits per heavy atom. The van der Waals surface area contributed by atoms with E-state index in [-0.39, 0.29) is 5.41 Å². The lowest BCUT2D eigenvalue weighted by Crippen LogP contribution is -2.45. The van der Waals surface area contributed by atoms with Gasteiger partial charge in [0.15, 0.2) is 0 Å². The van der Waals surface area contributed by atoms with E-state index >= 15 is 0 Å². The highest BCUT2D eigenvalue weighted by Gasteiger charge is 2.46. The van der Waals surface area contributed by atoms with Crippen LogP contribution in [-0.2, 0) is 0 Å². The summed E-state index contributed by atoms with van der Waals surface area (Å²) in [7, 11) is 12.9. The molecule has 0 amide bonds. The lowest BCUT2D eigenvalue weighted by Gasteiger charge is -2.55. The molecule has 0 heterocycles. The van der Waals surface area contributed by atoms with Crippen LogP contribution in [0.15, 0.2) is 0 Å². The van der Waals surface area contributed by atoms with E-state index in [0.717, 1.165) is 11.8 Å². The molecule has 80 valence electrons. The van der Waals surface area contributed by atoms with E-state index in [4.69, 9.17) is 15.7 Å². The Morgan fingerprint density at radius 3 is 1.80 bits per heavy atom. The van der Waals surface area contributed by atoms with Gasteiger partial charge < -0.3 is 0 Å². The minimum atomic E-state index is -0.489. The van der Waals surface area contributed by atoms with Crippen LogP contribution in [0.1, 0.15) is 52.9 Å². The van der Waals surface area contributed by atoms with Crippen molar-refractivity contribution in [2.45, 2.75) is 58.1 Å². The largest absolute Gasteiger partial charge is 0.0913 e. The van der Waals surface area contributed by atoms with E-state index in [1.165, 1.54) is 32.1 Å². The Kier molecular flexibility index (Phi) is 2.76. The van der Waals surface area contributed by atoms with Gasteiger partial charge in [-0.3, -0.25) is 0 Å². The van der Waals surface area contributed by atoms with Crippen LogP contribution in [0.3, 0.4) is 0 Å². The van der Waals surface area contributed by atoms with E-state index in [1.54, 1.807) is 0 Å². The zero-order valence-corrected chi connectivity index (χ0v) is 10.4. The first kappa shape index (κ1) is 11.6. The second-order valence-corrected chi connectivity index (χ2v) is 6.81. The molecule has 3 rings (SSSR count). The first-order chi connectivity index (χ1) is 6.82. The van der Waals surface area contributed by atoms with Crippen molar-refractivity contribution in [2.24, 2.45) is 23.2 Å². The van der Waals surface area contributed by atoms with Gasteiger partial charge >= 0.3 is 0 Å². The topological polar surface area (TPSA) is 0 Å². The minimum Gasteiger partial charge on any atom is -0.0913 e. The summed E-state index contributed by atoms with van der Waals surface area (Å²) in [5, 5.41) is -0.489. The van der Waals surface area contributed by atoms with Crippen molar-refractivity contribution in [3.63, 3.8) is 0 Å². The van der Waals surface area contributed by atoms with Crippen molar-refractivity contribution in [3.8, 4) is 0 Å². The molecule has 1 unspecified atom stereocenters. The van der Waals surface area contributed by atoms with E-state index in [2.05, 4.69) is 20.8 Å². The normalized spacial score (nSPS) is 36.9. The molecule has 2 heteroatoms. The minimum absolute atomic E-state index is 0.00907. The number of hydrogen-bond acceptors (Lipinski definition) is 0. The average molecular weight is 200 g/mol. The van der Waals surface area contributed by atoms with Crippen molar-refractivity contribution in [2.75, 3.05) is 0 Å². The van der Waals surface area contributed by atoms with Crippen molar-refractivity contribution < 1.29 is 0 Å².